The smallest absolute Gasteiger partial charge is 0.142 e. The summed E-state index contributed by atoms with van der Waals surface area (Å²) in [6.07, 6.45) is 6.56. The van der Waals surface area contributed by atoms with Crippen molar-refractivity contribution in [2.24, 2.45) is 0 Å². The van der Waals surface area contributed by atoms with E-state index in [4.69, 9.17) is 4.74 Å². The van der Waals surface area contributed by atoms with Gasteiger partial charge in [0.2, 0.25) is 0 Å². The van der Waals surface area contributed by atoms with Crippen molar-refractivity contribution in [2.75, 3.05) is 13.3 Å². The molecule has 0 aromatic rings. The molecule has 1 atom stereocenters. The lowest BCUT2D eigenvalue weighted by Crippen LogP contribution is -2.39. The van der Waals surface area contributed by atoms with Crippen LogP contribution >= 0.6 is 0 Å². The van der Waals surface area contributed by atoms with Crippen molar-refractivity contribution >= 4 is 0 Å². The molecule has 13 heavy (non-hydrogen) atoms. The second-order valence-corrected chi connectivity index (χ2v) is 3.26. The number of rotatable bonds is 3. The monoisotopic (exact) mass is 179 g/mol. The van der Waals surface area contributed by atoms with E-state index in [1.54, 1.807) is 6.08 Å². The predicted molar refractivity (Wildman–Crippen MR) is 55.2 cm³/mol. The van der Waals surface area contributed by atoms with Gasteiger partial charge in [-0.2, -0.15) is 0 Å². The third-order valence-electron chi connectivity index (χ3n) is 2.20. The van der Waals surface area contributed by atoms with Gasteiger partial charge in [-0.25, -0.2) is 0 Å². The van der Waals surface area contributed by atoms with Crippen molar-refractivity contribution in [1.29, 1.82) is 0 Å². The summed E-state index contributed by atoms with van der Waals surface area (Å²) in [5.74, 6) is 1.03. The van der Waals surface area contributed by atoms with Crippen LogP contribution in [0.2, 0.25) is 0 Å². The van der Waals surface area contributed by atoms with Gasteiger partial charge in [0.05, 0.1) is 5.76 Å². The molecule has 0 N–H and O–H groups in total. The summed E-state index contributed by atoms with van der Waals surface area (Å²) in [6.45, 7) is 11.1. The van der Waals surface area contributed by atoms with Crippen molar-refractivity contribution in [1.82, 2.24) is 4.90 Å². The molecular weight excluding hydrogens is 162 g/mol. The number of nitrogens with zero attached hydrogens (tertiary/aromatic N) is 1. The van der Waals surface area contributed by atoms with Gasteiger partial charge in [0.1, 0.15) is 6.73 Å². The molecule has 2 heteroatoms. The molecule has 0 radical (unpaired) electrons. The van der Waals surface area contributed by atoms with Crippen molar-refractivity contribution < 1.29 is 4.74 Å². The number of allylic oxidation sites excluding steroid dienone is 2. The van der Waals surface area contributed by atoms with Gasteiger partial charge in [0.15, 0.2) is 0 Å². The Labute approximate surface area is 80.2 Å². The summed E-state index contributed by atoms with van der Waals surface area (Å²) >= 11 is 0. The molecule has 1 rings (SSSR count). The maximum atomic E-state index is 5.52. The first-order chi connectivity index (χ1) is 6.27. The molecule has 0 spiro atoms. The van der Waals surface area contributed by atoms with E-state index in [0.29, 0.717) is 12.8 Å². The van der Waals surface area contributed by atoms with Gasteiger partial charge in [-0.05, 0) is 13.0 Å². The van der Waals surface area contributed by atoms with E-state index in [1.165, 1.54) is 0 Å². The average Bonchev–Trinajstić information content (AvgIpc) is 2.10. The fourth-order valence-electron chi connectivity index (χ4n) is 1.42. The molecule has 1 unspecified atom stereocenters. The van der Waals surface area contributed by atoms with Gasteiger partial charge in [0, 0.05) is 19.0 Å². The summed E-state index contributed by atoms with van der Waals surface area (Å²) in [6, 6.07) is 0.526. The minimum Gasteiger partial charge on any atom is -0.482 e. The third kappa shape index (κ3) is 2.74. The molecular formula is C11H17NO. The summed E-state index contributed by atoms with van der Waals surface area (Å²) in [5, 5.41) is 0. The fourth-order valence-corrected chi connectivity index (χ4v) is 1.42. The van der Waals surface area contributed by atoms with Crippen LogP contribution in [0.5, 0.6) is 0 Å². The van der Waals surface area contributed by atoms with Gasteiger partial charge < -0.3 is 4.74 Å². The van der Waals surface area contributed by atoms with Gasteiger partial charge in [-0.1, -0.05) is 18.7 Å². The SMILES string of the molecule is C=C/C=C1\CC(C)N(CC=C)CO1. The lowest BCUT2D eigenvalue weighted by molar-refractivity contribution is 0.00841. The molecule has 72 valence electrons. The minimum atomic E-state index is 0.526. The van der Waals surface area contributed by atoms with Gasteiger partial charge in [-0.3, -0.25) is 4.90 Å². The predicted octanol–water partition coefficient (Wildman–Crippen LogP) is 2.31. The highest BCUT2D eigenvalue weighted by molar-refractivity contribution is 5.07. The van der Waals surface area contributed by atoms with Crippen LogP contribution in [0.25, 0.3) is 0 Å². The number of hydrogen-bond donors (Lipinski definition) is 0. The summed E-state index contributed by atoms with van der Waals surface area (Å²) in [4.78, 5) is 2.24. The standard InChI is InChI=1S/C11H17NO/c1-4-6-11-8-10(3)12(7-5-2)9-13-11/h4-6,10H,1-2,7-9H2,3H3/b11-6+. The first-order valence-electron chi connectivity index (χ1n) is 4.57. The quantitative estimate of drug-likeness (QED) is 0.616. The lowest BCUT2D eigenvalue weighted by atomic mass is 10.1. The largest absolute Gasteiger partial charge is 0.482 e. The molecule has 0 aliphatic carbocycles. The zero-order valence-corrected chi connectivity index (χ0v) is 8.20. The maximum absolute atomic E-state index is 5.52. The lowest BCUT2D eigenvalue weighted by Gasteiger charge is -2.33. The Hall–Kier alpha value is -1.02. The van der Waals surface area contributed by atoms with Crippen LogP contribution < -0.4 is 0 Å². The van der Waals surface area contributed by atoms with E-state index in [-0.39, 0.29) is 0 Å². The van der Waals surface area contributed by atoms with E-state index in [1.807, 2.05) is 12.2 Å². The average molecular weight is 179 g/mol. The molecule has 1 heterocycles. The Kier molecular flexibility index (Phi) is 3.77. The Balaban J connectivity index is 2.50. The van der Waals surface area contributed by atoms with Gasteiger partial charge >= 0.3 is 0 Å². The summed E-state index contributed by atoms with van der Waals surface area (Å²) < 4.78 is 5.52. The van der Waals surface area contributed by atoms with Crippen molar-refractivity contribution in [3.8, 4) is 0 Å². The molecule has 1 fully saturated rings. The van der Waals surface area contributed by atoms with E-state index in [0.717, 1.165) is 18.7 Å². The Morgan fingerprint density at radius 2 is 2.38 bits per heavy atom. The third-order valence-corrected chi connectivity index (χ3v) is 2.20. The number of hydrogen-bond acceptors (Lipinski definition) is 2. The summed E-state index contributed by atoms with van der Waals surface area (Å²) in [7, 11) is 0. The van der Waals surface area contributed by atoms with E-state index in [9.17, 15) is 0 Å². The highest BCUT2D eigenvalue weighted by Gasteiger charge is 2.20. The molecule has 0 aromatic carbocycles. The molecule has 0 saturated carbocycles. The van der Waals surface area contributed by atoms with Crippen LogP contribution in [0, 0.1) is 0 Å². The van der Waals surface area contributed by atoms with E-state index < -0.39 is 0 Å². The normalized spacial score (nSPS) is 26.8. The van der Waals surface area contributed by atoms with Crippen LogP contribution in [-0.4, -0.2) is 24.2 Å². The van der Waals surface area contributed by atoms with Gasteiger partial charge in [-0.15, -0.1) is 6.58 Å². The van der Waals surface area contributed by atoms with E-state index in [2.05, 4.69) is 25.0 Å². The Bertz CT molecular complexity index is 220. The van der Waals surface area contributed by atoms with Crippen LogP contribution in [0.15, 0.2) is 37.1 Å². The Morgan fingerprint density at radius 3 is 2.92 bits per heavy atom. The molecule has 1 saturated heterocycles. The molecule has 0 bridgehead atoms. The van der Waals surface area contributed by atoms with Crippen LogP contribution in [0.1, 0.15) is 13.3 Å². The molecule has 0 aromatic heterocycles. The van der Waals surface area contributed by atoms with Crippen molar-refractivity contribution in [3.63, 3.8) is 0 Å². The zero-order valence-electron chi connectivity index (χ0n) is 8.20. The molecule has 2 nitrogen and oxygen atoms in total. The summed E-state index contributed by atoms with van der Waals surface area (Å²) in [5.41, 5.74) is 0. The number of ether oxygens (including phenoxy) is 1. The van der Waals surface area contributed by atoms with Crippen LogP contribution in [0.3, 0.4) is 0 Å². The highest BCUT2D eigenvalue weighted by Crippen LogP contribution is 2.19. The molecule has 1 aliphatic heterocycles. The van der Waals surface area contributed by atoms with Crippen molar-refractivity contribution in [3.05, 3.63) is 37.1 Å². The molecule has 0 amide bonds. The van der Waals surface area contributed by atoms with Crippen LogP contribution in [0.4, 0.5) is 0 Å². The van der Waals surface area contributed by atoms with Crippen LogP contribution in [-0.2, 0) is 4.74 Å². The topological polar surface area (TPSA) is 12.5 Å². The first kappa shape index (κ1) is 10.1. The van der Waals surface area contributed by atoms with Crippen molar-refractivity contribution in [2.45, 2.75) is 19.4 Å². The molecule has 1 aliphatic rings. The zero-order chi connectivity index (χ0) is 9.68. The van der Waals surface area contributed by atoms with Gasteiger partial charge in [0.25, 0.3) is 0 Å². The second kappa shape index (κ2) is 4.87. The second-order valence-electron chi connectivity index (χ2n) is 3.26. The fraction of sp³-hybridized carbons (Fsp3) is 0.455. The highest BCUT2D eigenvalue weighted by atomic mass is 16.5. The first-order valence-corrected chi connectivity index (χ1v) is 4.57. The Morgan fingerprint density at radius 1 is 1.62 bits per heavy atom. The minimum absolute atomic E-state index is 0.526. The maximum Gasteiger partial charge on any atom is 0.142 e. The van der Waals surface area contributed by atoms with E-state index >= 15 is 0 Å².